The minimum atomic E-state index is 0.606. The Balaban J connectivity index is 1.97. The van der Waals surface area contributed by atoms with E-state index in [2.05, 4.69) is 28.4 Å². The molecule has 1 N–H and O–H groups in total. The summed E-state index contributed by atoms with van der Waals surface area (Å²) < 4.78 is 1.88. The molecule has 2 aromatic heterocycles. The third-order valence-electron chi connectivity index (χ3n) is 3.23. The van der Waals surface area contributed by atoms with Crippen molar-refractivity contribution in [3.05, 3.63) is 24.0 Å². The highest BCUT2D eigenvalue weighted by Gasteiger charge is 2.16. The molecule has 0 aromatic carbocycles. The summed E-state index contributed by atoms with van der Waals surface area (Å²) in [7, 11) is 0. The number of nitrogens with one attached hydrogen (secondary N) is 1. The van der Waals surface area contributed by atoms with Gasteiger partial charge in [0.1, 0.15) is 12.1 Å². The maximum atomic E-state index is 4.24. The predicted octanol–water partition coefficient (Wildman–Crippen LogP) is 2.39. The second-order valence-corrected chi connectivity index (χ2v) is 4.57. The molecule has 0 aliphatic heterocycles. The van der Waals surface area contributed by atoms with Gasteiger partial charge in [-0.25, -0.2) is 4.98 Å². The maximum Gasteiger partial charge on any atom is 0.157 e. The highest BCUT2D eigenvalue weighted by Crippen LogP contribution is 2.23. The number of pyridine rings is 1. The largest absolute Gasteiger partial charge is 0.367 e. The van der Waals surface area contributed by atoms with Crippen molar-refractivity contribution >= 4 is 11.5 Å². The van der Waals surface area contributed by atoms with E-state index in [-0.39, 0.29) is 0 Å². The lowest BCUT2D eigenvalue weighted by atomic mass is 10.2. The number of hydrogen-bond acceptors (Lipinski definition) is 3. The van der Waals surface area contributed by atoms with Gasteiger partial charge >= 0.3 is 0 Å². The average Bonchev–Trinajstić information content (AvgIpc) is 2.87. The standard InChI is InChI=1S/C12H16N4/c1-9-6-11-13-8-14-16(11)12(7-9)15-10-4-2-3-5-10/h6-8,10,15H,2-5H2,1H3. The molecule has 4 nitrogen and oxygen atoms in total. The van der Waals surface area contributed by atoms with Crippen LogP contribution in [0.25, 0.3) is 5.65 Å². The Morgan fingerprint density at radius 1 is 1.31 bits per heavy atom. The number of anilines is 1. The lowest BCUT2D eigenvalue weighted by molar-refractivity contribution is 0.741. The van der Waals surface area contributed by atoms with E-state index in [1.54, 1.807) is 6.33 Å². The Labute approximate surface area is 94.7 Å². The van der Waals surface area contributed by atoms with Gasteiger partial charge in [0.05, 0.1) is 0 Å². The van der Waals surface area contributed by atoms with Crippen LogP contribution in [-0.2, 0) is 0 Å². The van der Waals surface area contributed by atoms with Crippen molar-refractivity contribution in [2.24, 2.45) is 0 Å². The molecule has 1 aliphatic carbocycles. The zero-order chi connectivity index (χ0) is 11.0. The zero-order valence-corrected chi connectivity index (χ0v) is 9.48. The van der Waals surface area contributed by atoms with Crippen LogP contribution in [0.3, 0.4) is 0 Å². The van der Waals surface area contributed by atoms with E-state index in [1.165, 1.54) is 31.2 Å². The van der Waals surface area contributed by atoms with Crippen molar-refractivity contribution < 1.29 is 0 Å². The quantitative estimate of drug-likeness (QED) is 0.838. The smallest absolute Gasteiger partial charge is 0.157 e. The van der Waals surface area contributed by atoms with Crippen LogP contribution in [0, 0.1) is 6.92 Å². The molecular formula is C12H16N4. The second-order valence-electron chi connectivity index (χ2n) is 4.57. The fourth-order valence-electron chi connectivity index (χ4n) is 2.44. The Bertz CT molecular complexity index is 497. The molecular weight excluding hydrogens is 200 g/mol. The molecule has 0 atom stereocenters. The Kier molecular flexibility index (Phi) is 2.27. The van der Waals surface area contributed by atoms with Crippen molar-refractivity contribution in [2.45, 2.75) is 38.6 Å². The molecule has 1 fully saturated rings. The van der Waals surface area contributed by atoms with E-state index in [0.717, 1.165) is 11.5 Å². The Hall–Kier alpha value is -1.58. The fraction of sp³-hybridized carbons (Fsp3) is 0.500. The molecule has 16 heavy (non-hydrogen) atoms. The summed E-state index contributed by atoms with van der Waals surface area (Å²) in [6, 6.07) is 4.79. The normalized spacial score (nSPS) is 17.1. The van der Waals surface area contributed by atoms with E-state index in [9.17, 15) is 0 Å². The molecule has 1 saturated carbocycles. The minimum absolute atomic E-state index is 0.606. The van der Waals surface area contributed by atoms with E-state index in [0.29, 0.717) is 6.04 Å². The lowest BCUT2D eigenvalue weighted by Crippen LogP contribution is -2.17. The molecule has 84 valence electrons. The maximum absolute atomic E-state index is 4.24. The Morgan fingerprint density at radius 3 is 2.94 bits per heavy atom. The number of aryl methyl sites for hydroxylation is 1. The van der Waals surface area contributed by atoms with E-state index < -0.39 is 0 Å². The van der Waals surface area contributed by atoms with Gasteiger partial charge in [-0.2, -0.15) is 9.61 Å². The fourth-order valence-corrected chi connectivity index (χ4v) is 2.44. The van der Waals surface area contributed by atoms with Gasteiger partial charge < -0.3 is 5.32 Å². The van der Waals surface area contributed by atoms with Crippen LogP contribution in [0.1, 0.15) is 31.2 Å². The third-order valence-corrected chi connectivity index (χ3v) is 3.23. The van der Waals surface area contributed by atoms with Crippen LogP contribution in [0.5, 0.6) is 0 Å². The summed E-state index contributed by atoms with van der Waals surface area (Å²) >= 11 is 0. The van der Waals surface area contributed by atoms with Crippen molar-refractivity contribution in [2.75, 3.05) is 5.32 Å². The predicted molar refractivity (Wildman–Crippen MR) is 63.6 cm³/mol. The average molecular weight is 216 g/mol. The van der Waals surface area contributed by atoms with Gasteiger partial charge in [-0.3, -0.25) is 0 Å². The summed E-state index contributed by atoms with van der Waals surface area (Å²) in [5.74, 6) is 1.07. The molecule has 4 heteroatoms. The van der Waals surface area contributed by atoms with Gasteiger partial charge in [-0.15, -0.1) is 0 Å². The summed E-state index contributed by atoms with van der Waals surface area (Å²) in [5, 5.41) is 7.82. The number of hydrogen-bond donors (Lipinski definition) is 1. The van der Waals surface area contributed by atoms with Gasteiger partial charge in [0.25, 0.3) is 0 Å². The van der Waals surface area contributed by atoms with Crippen LogP contribution >= 0.6 is 0 Å². The van der Waals surface area contributed by atoms with Gasteiger partial charge in [0.2, 0.25) is 0 Å². The Morgan fingerprint density at radius 2 is 2.12 bits per heavy atom. The van der Waals surface area contributed by atoms with Crippen LogP contribution in [-0.4, -0.2) is 20.6 Å². The van der Waals surface area contributed by atoms with Crippen molar-refractivity contribution in [1.82, 2.24) is 14.6 Å². The van der Waals surface area contributed by atoms with Gasteiger partial charge in [-0.1, -0.05) is 12.8 Å². The van der Waals surface area contributed by atoms with E-state index >= 15 is 0 Å². The lowest BCUT2D eigenvalue weighted by Gasteiger charge is -2.14. The van der Waals surface area contributed by atoms with Crippen LogP contribution in [0.15, 0.2) is 18.5 Å². The first-order valence-electron chi connectivity index (χ1n) is 5.90. The number of fused-ring (bicyclic) bond motifs is 1. The van der Waals surface area contributed by atoms with Crippen molar-refractivity contribution in [3.63, 3.8) is 0 Å². The number of nitrogens with zero attached hydrogens (tertiary/aromatic N) is 3. The molecule has 0 saturated heterocycles. The number of aromatic nitrogens is 3. The second kappa shape index (κ2) is 3.77. The van der Waals surface area contributed by atoms with Gasteiger partial charge in [0, 0.05) is 6.04 Å². The van der Waals surface area contributed by atoms with Crippen LogP contribution in [0.4, 0.5) is 5.82 Å². The summed E-state index contributed by atoms with van der Waals surface area (Å²) in [6.45, 7) is 2.09. The molecule has 0 spiro atoms. The van der Waals surface area contributed by atoms with Gasteiger partial charge in [0.15, 0.2) is 5.65 Å². The molecule has 0 radical (unpaired) electrons. The molecule has 2 heterocycles. The van der Waals surface area contributed by atoms with Crippen LogP contribution < -0.4 is 5.32 Å². The number of rotatable bonds is 2. The topological polar surface area (TPSA) is 42.2 Å². The van der Waals surface area contributed by atoms with Crippen molar-refractivity contribution in [1.29, 1.82) is 0 Å². The first kappa shape index (κ1) is 9.63. The summed E-state index contributed by atoms with van der Waals surface area (Å²) in [5.41, 5.74) is 2.14. The van der Waals surface area contributed by atoms with Crippen molar-refractivity contribution in [3.8, 4) is 0 Å². The van der Waals surface area contributed by atoms with Gasteiger partial charge in [-0.05, 0) is 37.5 Å². The highest BCUT2D eigenvalue weighted by molar-refractivity contribution is 5.51. The monoisotopic (exact) mass is 216 g/mol. The van der Waals surface area contributed by atoms with E-state index in [1.807, 2.05) is 10.6 Å². The minimum Gasteiger partial charge on any atom is -0.367 e. The zero-order valence-electron chi connectivity index (χ0n) is 9.48. The summed E-state index contributed by atoms with van der Waals surface area (Å²) in [6.07, 6.45) is 6.82. The SMILES string of the molecule is Cc1cc(NC2CCCC2)n2ncnc2c1. The first-order valence-corrected chi connectivity index (χ1v) is 5.90. The molecule has 0 unspecified atom stereocenters. The highest BCUT2D eigenvalue weighted by atomic mass is 15.3. The molecule has 2 aromatic rings. The van der Waals surface area contributed by atoms with E-state index in [4.69, 9.17) is 0 Å². The molecule has 3 rings (SSSR count). The van der Waals surface area contributed by atoms with Crippen LogP contribution in [0.2, 0.25) is 0 Å². The first-order chi connectivity index (χ1) is 7.83. The molecule has 0 amide bonds. The molecule has 1 aliphatic rings. The summed E-state index contributed by atoms with van der Waals surface area (Å²) in [4.78, 5) is 4.23. The molecule has 0 bridgehead atoms. The third kappa shape index (κ3) is 1.64.